The van der Waals surface area contributed by atoms with Crippen LogP contribution in [0.4, 0.5) is 0 Å². The minimum atomic E-state index is -0.192. The third-order valence-corrected chi connectivity index (χ3v) is 6.44. The predicted octanol–water partition coefficient (Wildman–Crippen LogP) is 6.98. The standard InChI is InChI=1S/C28H35NO2/c1-4-5-21-8-11-23(12-9-21)24-13-15-25(16-14-24)28(30)31-27-17-10-22(7-6-20(2)3)18-26(27)19-29/h8-12,17-18,20,24-25H,4-7,13-16H2,1-3H3. The van der Waals surface area contributed by atoms with E-state index in [9.17, 15) is 10.1 Å². The molecule has 1 saturated carbocycles. The third-order valence-electron chi connectivity index (χ3n) is 6.44. The van der Waals surface area contributed by atoms with Crippen LogP contribution in [0.5, 0.6) is 5.75 Å². The summed E-state index contributed by atoms with van der Waals surface area (Å²) in [5.41, 5.74) is 4.36. The van der Waals surface area contributed by atoms with Gasteiger partial charge >= 0.3 is 5.97 Å². The molecule has 1 fully saturated rings. The molecule has 0 spiro atoms. The molecular weight excluding hydrogens is 382 g/mol. The van der Waals surface area contributed by atoms with E-state index < -0.39 is 0 Å². The van der Waals surface area contributed by atoms with Gasteiger partial charge in [0.1, 0.15) is 11.8 Å². The number of aryl methyl sites for hydroxylation is 2. The second-order valence-corrected chi connectivity index (χ2v) is 9.34. The van der Waals surface area contributed by atoms with Gasteiger partial charge in [0, 0.05) is 0 Å². The van der Waals surface area contributed by atoms with Crippen LogP contribution in [0, 0.1) is 23.2 Å². The maximum Gasteiger partial charge on any atom is 0.314 e. The van der Waals surface area contributed by atoms with Gasteiger partial charge in [-0.2, -0.15) is 5.26 Å². The van der Waals surface area contributed by atoms with Crippen LogP contribution in [0.2, 0.25) is 0 Å². The Kier molecular flexibility index (Phi) is 8.29. The van der Waals surface area contributed by atoms with E-state index in [1.807, 2.05) is 12.1 Å². The fourth-order valence-corrected chi connectivity index (χ4v) is 4.46. The summed E-state index contributed by atoms with van der Waals surface area (Å²) < 4.78 is 5.68. The minimum Gasteiger partial charge on any atom is -0.425 e. The van der Waals surface area contributed by atoms with E-state index in [0.717, 1.165) is 50.5 Å². The average molecular weight is 418 g/mol. The number of esters is 1. The summed E-state index contributed by atoms with van der Waals surface area (Å²) in [6.07, 6.45) is 8.00. The van der Waals surface area contributed by atoms with Crippen molar-refractivity contribution in [3.8, 4) is 11.8 Å². The maximum absolute atomic E-state index is 12.8. The smallest absolute Gasteiger partial charge is 0.314 e. The lowest BCUT2D eigenvalue weighted by molar-refractivity contribution is -0.140. The summed E-state index contributed by atoms with van der Waals surface area (Å²) in [5, 5.41) is 9.52. The molecule has 3 nitrogen and oxygen atoms in total. The normalized spacial score (nSPS) is 18.5. The van der Waals surface area contributed by atoms with E-state index >= 15 is 0 Å². The van der Waals surface area contributed by atoms with Crippen molar-refractivity contribution in [2.75, 3.05) is 0 Å². The number of rotatable bonds is 8. The van der Waals surface area contributed by atoms with Crippen molar-refractivity contribution in [1.82, 2.24) is 0 Å². The number of benzene rings is 2. The highest BCUT2D eigenvalue weighted by Gasteiger charge is 2.29. The Labute approximate surface area is 187 Å². The van der Waals surface area contributed by atoms with Gasteiger partial charge in [0.15, 0.2) is 0 Å². The molecule has 31 heavy (non-hydrogen) atoms. The highest BCUT2D eigenvalue weighted by atomic mass is 16.5. The quantitative estimate of drug-likeness (QED) is 0.344. The van der Waals surface area contributed by atoms with Crippen LogP contribution in [-0.2, 0) is 17.6 Å². The molecule has 1 aliphatic carbocycles. The molecule has 0 N–H and O–H groups in total. The first-order chi connectivity index (χ1) is 15.0. The SMILES string of the molecule is CCCc1ccc(C2CCC(C(=O)Oc3ccc(CCC(C)C)cc3C#N)CC2)cc1. The zero-order valence-electron chi connectivity index (χ0n) is 19.2. The molecule has 0 atom stereocenters. The van der Waals surface area contributed by atoms with Crippen molar-refractivity contribution in [2.24, 2.45) is 11.8 Å². The van der Waals surface area contributed by atoms with Crippen molar-refractivity contribution in [3.05, 3.63) is 64.7 Å². The van der Waals surface area contributed by atoms with Crippen LogP contribution in [0.3, 0.4) is 0 Å². The van der Waals surface area contributed by atoms with E-state index in [1.54, 1.807) is 6.07 Å². The highest BCUT2D eigenvalue weighted by molar-refractivity contribution is 5.76. The Morgan fingerprint density at radius 1 is 1.03 bits per heavy atom. The van der Waals surface area contributed by atoms with E-state index in [0.29, 0.717) is 23.1 Å². The maximum atomic E-state index is 12.8. The zero-order valence-corrected chi connectivity index (χ0v) is 19.2. The molecule has 0 saturated heterocycles. The summed E-state index contributed by atoms with van der Waals surface area (Å²) in [5.74, 6) is 1.27. The molecule has 2 aromatic carbocycles. The second kappa shape index (κ2) is 11.1. The van der Waals surface area contributed by atoms with Crippen molar-refractivity contribution < 1.29 is 9.53 Å². The van der Waals surface area contributed by atoms with Gasteiger partial charge < -0.3 is 4.74 Å². The summed E-state index contributed by atoms with van der Waals surface area (Å²) in [7, 11) is 0. The first-order valence-corrected chi connectivity index (χ1v) is 11.8. The Morgan fingerprint density at radius 2 is 1.71 bits per heavy atom. The highest BCUT2D eigenvalue weighted by Crippen LogP contribution is 2.37. The lowest BCUT2D eigenvalue weighted by Gasteiger charge is -2.27. The number of hydrogen-bond acceptors (Lipinski definition) is 3. The topological polar surface area (TPSA) is 50.1 Å². The van der Waals surface area contributed by atoms with Gasteiger partial charge in [-0.1, -0.05) is 57.5 Å². The molecule has 3 rings (SSSR count). The van der Waals surface area contributed by atoms with Gasteiger partial charge in [-0.25, -0.2) is 0 Å². The number of nitriles is 1. The number of ether oxygens (including phenoxy) is 1. The summed E-state index contributed by atoms with van der Waals surface area (Å²) >= 11 is 0. The first kappa shape index (κ1) is 23.1. The molecule has 2 aromatic rings. The number of hydrogen-bond donors (Lipinski definition) is 0. The monoisotopic (exact) mass is 417 g/mol. The molecule has 0 bridgehead atoms. The lowest BCUT2D eigenvalue weighted by atomic mass is 9.78. The van der Waals surface area contributed by atoms with Crippen LogP contribution in [0.25, 0.3) is 0 Å². The molecular formula is C28H35NO2. The number of nitrogens with zero attached hydrogens (tertiary/aromatic N) is 1. The predicted molar refractivity (Wildman–Crippen MR) is 125 cm³/mol. The van der Waals surface area contributed by atoms with E-state index in [1.165, 1.54) is 17.5 Å². The Bertz CT molecular complexity index is 900. The van der Waals surface area contributed by atoms with E-state index in [4.69, 9.17) is 4.74 Å². The molecule has 0 unspecified atom stereocenters. The van der Waals surface area contributed by atoms with E-state index in [2.05, 4.69) is 51.1 Å². The van der Waals surface area contributed by atoms with Crippen LogP contribution < -0.4 is 4.74 Å². The van der Waals surface area contributed by atoms with Gasteiger partial charge in [-0.3, -0.25) is 4.79 Å². The molecule has 0 aliphatic heterocycles. The van der Waals surface area contributed by atoms with Crippen LogP contribution in [0.15, 0.2) is 42.5 Å². The van der Waals surface area contributed by atoms with Crippen molar-refractivity contribution >= 4 is 5.97 Å². The number of carbonyl (C=O) groups excluding carboxylic acids is 1. The first-order valence-electron chi connectivity index (χ1n) is 11.8. The average Bonchev–Trinajstić information content (AvgIpc) is 2.79. The van der Waals surface area contributed by atoms with Crippen LogP contribution in [0.1, 0.15) is 87.5 Å². The molecule has 0 aromatic heterocycles. The summed E-state index contributed by atoms with van der Waals surface area (Å²) in [4.78, 5) is 12.8. The van der Waals surface area contributed by atoms with Gasteiger partial charge in [0.05, 0.1) is 11.5 Å². The van der Waals surface area contributed by atoms with E-state index in [-0.39, 0.29) is 11.9 Å². The summed E-state index contributed by atoms with van der Waals surface area (Å²) in [6.45, 7) is 6.59. The molecule has 0 heterocycles. The van der Waals surface area contributed by atoms with Gasteiger partial charge in [0.2, 0.25) is 0 Å². The van der Waals surface area contributed by atoms with Crippen LogP contribution in [-0.4, -0.2) is 5.97 Å². The largest absolute Gasteiger partial charge is 0.425 e. The van der Waals surface area contributed by atoms with Crippen molar-refractivity contribution in [1.29, 1.82) is 5.26 Å². The number of carbonyl (C=O) groups is 1. The Morgan fingerprint density at radius 3 is 2.32 bits per heavy atom. The fraction of sp³-hybridized carbons (Fsp3) is 0.500. The molecule has 164 valence electrons. The second-order valence-electron chi connectivity index (χ2n) is 9.34. The lowest BCUT2D eigenvalue weighted by Crippen LogP contribution is -2.25. The van der Waals surface area contributed by atoms with Gasteiger partial charge in [-0.05, 0) is 85.6 Å². The fourth-order valence-electron chi connectivity index (χ4n) is 4.46. The van der Waals surface area contributed by atoms with Gasteiger partial charge in [0.25, 0.3) is 0 Å². The molecule has 1 aliphatic rings. The Hall–Kier alpha value is -2.60. The molecule has 0 radical (unpaired) electrons. The van der Waals surface area contributed by atoms with Crippen LogP contribution >= 0.6 is 0 Å². The third kappa shape index (κ3) is 6.44. The summed E-state index contributed by atoms with van der Waals surface area (Å²) in [6, 6.07) is 16.8. The molecule has 3 heteroatoms. The van der Waals surface area contributed by atoms with Gasteiger partial charge in [-0.15, -0.1) is 0 Å². The van der Waals surface area contributed by atoms with Crippen molar-refractivity contribution in [2.45, 2.75) is 78.1 Å². The zero-order chi connectivity index (χ0) is 22.2. The Balaban J connectivity index is 1.55. The molecule has 0 amide bonds. The van der Waals surface area contributed by atoms with Crippen molar-refractivity contribution in [3.63, 3.8) is 0 Å². The minimum absolute atomic E-state index is 0.0808.